The van der Waals surface area contributed by atoms with E-state index in [0.29, 0.717) is 18.2 Å². The van der Waals surface area contributed by atoms with Gasteiger partial charge in [-0.2, -0.15) is 0 Å². The Morgan fingerprint density at radius 3 is 2.06 bits per heavy atom. The molecule has 0 unspecified atom stereocenters. The molecule has 178 valence electrons. The van der Waals surface area contributed by atoms with Gasteiger partial charge in [-0.1, -0.05) is 60.7 Å². The van der Waals surface area contributed by atoms with Gasteiger partial charge >= 0.3 is 6.03 Å². The zero-order chi connectivity index (χ0) is 24.0. The SMILES string of the molecule is COc1ccc(-c2csc(NC(=O)N3CCN(C(c4ccccc4)c4ccccc4)CC3)n2)cc1. The number of nitrogens with zero attached hydrogens (tertiary/aromatic N) is 3. The Balaban J connectivity index is 1.22. The number of methoxy groups -OCH3 is 1. The number of aromatic nitrogens is 1. The van der Waals surface area contributed by atoms with Crippen LogP contribution in [-0.4, -0.2) is 54.1 Å². The highest BCUT2D eigenvalue weighted by Crippen LogP contribution is 2.30. The molecule has 2 amide bonds. The minimum absolute atomic E-state index is 0.101. The number of benzene rings is 3. The average Bonchev–Trinajstić information content (AvgIpc) is 3.39. The highest BCUT2D eigenvalue weighted by atomic mass is 32.1. The van der Waals surface area contributed by atoms with Crippen LogP contribution in [0, 0.1) is 0 Å². The molecule has 0 saturated carbocycles. The van der Waals surface area contributed by atoms with E-state index in [0.717, 1.165) is 30.1 Å². The first-order valence-corrected chi connectivity index (χ1v) is 12.6. The Morgan fingerprint density at radius 1 is 0.886 bits per heavy atom. The number of ether oxygens (including phenoxy) is 1. The Hall–Kier alpha value is -3.68. The van der Waals surface area contributed by atoms with E-state index in [4.69, 9.17) is 4.74 Å². The van der Waals surface area contributed by atoms with E-state index in [2.05, 4.69) is 63.7 Å². The second-order valence-corrected chi connectivity index (χ2v) is 9.30. The number of urea groups is 1. The lowest BCUT2D eigenvalue weighted by molar-refractivity contribution is 0.126. The molecule has 1 aliphatic heterocycles. The molecule has 3 aromatic carbocycles. The Bertz CT molecular complexity index is 1200. The summed E-state index contributed by atoms with van der Waals surface area (Å²) in [6, 6.07) is 29.0. The Morgan fingerprint density at radius 2 is 1.49 bits per heavy atom. The number of thiazole rings is 1. The number of amides is 2. The number of piperazine rings is 1. The number of carbonyl (C=O) groups excluding carboxylic acids is 1. The number of nitrogens with one attached hydrogen (secondary N) is 1. The van der Waals surface area contributed by atoms with Gasteiger partial charge in [-0.05, 0) is 35.4 Å². The third-order valence-electron chi connectivity index (χ3n) is 6.30. The summed E-state index contributed by atoms with van der Waals surface area (Å²) in [5.41, 5.74) is 4.37. The third kappa shape index (κ3) is 5.37. The molecule has 1 fully saturated rings. The maximum absolute atomic E-state index is 13.0. The first kappa shape index (κ1) is 23.1. The van der Waals surface area contributed by atoms with Crippen LogP contribution in [0.25, 0.3) is 11.3 Å². The summed E-state index contributed by atoms with van der Waals surface area (Å²) in [7, 11) is 1.65. The van der Waals surface area contributed by atoms with Crippen molar-refractivity contribution >= 4 is 22.5 Å². The zero-order valence-corrected chi connectivity index (χ0v) is 20.4. The maximum atomic E-state index is 13.0. The van der Waals surface area contributed by atoms with E-state index in [-0.39, 0.29) is 12.1 Å². The molecule has 1 N–H and O–H groups in total. The molecule has 6 nitrogen and oxygen atoms in total. The molecule has 1 aliphatic rings. The zero-order valence-electron chi connectivity index (χ0n) is 19.6. The van der Waals surface area contributed by atoms with Crippen molar-refractivity contribution in [2.75, 3.05) is 38.6 Å². The summed E-state index contributed by atoms with van der Waals surface area (Å²) >= 11 is 1.44. The first-order valence-electron chi connectivity index (χ1n) is 11.7. The van der Waals surface area contributed by atoms with Gasteiger partial charge in [-0.3, -0.25) is 10.2 Å². The number of anilines is 1. The van der Waals surface area contributed by atoms with E-state index in [9.17, 15) is 4.79 Å². The maximum Gasteiger partial charge on any atom is 0.323 e. The molecule has 1 saturated heterocycles. The van der Waals surface area contributed by atoms with E-state index in [1.807, 2.05) is 46.7 Å². The molecule has 0 radical (unpaired) electrons. The number of carbonyl (C=O) groups is 1. The molecule has 0 spiro atoms. The number of rotatable bonds is 6. The molecule has 0 atom stereocenters. The third-order valence-corrected chi connectivity index (χ3v) is 7.06. The summed E-state index contributed by atoms with van der Waals surface area (Å²) in [5, 5.41) is 5.55. The molecule has 0 aliphatic carbocycles. The normalized spacial score (nSPS) is 14.2. The van der Waals surface area contributed by atoms with Crippen molar-refractivity contribution in [1.82, 2.24) is 14.8 Å². The van der Waals surface area contributed by atoms with E-state index < -0.39 is 0 Å². The van der Waals surface area contributed by atoms with Gasteiger partial charge in [0, 0.05) is 37.1 Å². The van der Waals surface area contributed by atoms with Crippen molar-refractivity contribution < 1.29 is 9.53 Å². The van der Waals surface area contributed by atoms with Gasteiger partial charge in [0.15, 0.2) is 5.13 Å². The lowest BCUT2D eigenvalue weighted by Crippen LogP contribution is -2.51. The molecule has 0 bridgehead atoms. The van der Waals surface area contributed by atoms with Crippen LogP contribution in [0.3, 0.4) is 0 Å². The van der Waals surface area contributed by atoms with Crippen LogP contribution in [0.1, 0.15) is 17.2 Å². The topological polar surface area (TPSA) is 57.7 Å². The van der Waals surface area contributed by atoms with Crippen molar-refractivity contribution in [3.8, 4) is 17.0 Å². The first-order chi connectivity index (χ1) is 17.2. The summed E-state index contributed by atoms with van der Waals surface area (Å²) in [6.45, 7) is 2.94. The second kappa shape index (κ2) is 10.7. The van der Waals surface area contributed by atoms with E-state index in [1.54, 1.807) is 7.11 Å². The van der Waals surface area contributed by atoms with E-state index >= 15 is 0 Å². The van der Waals surface area contributed by atoms with E-state index in [1.165, 1.54) is 22.5 Å². The van der Waals surface area contributed by atoms with Crippen LogP contribution in [-0.2, 0) is 0 Å². The highest BCUT2D eigenvalue weighted by Gasteiger charge is 2.28. The summed E-state index contributed by atoms with van der Waals surface area (Å²) < 4.78 is 5.22. The Labute approximate surface area is 209 Å². The fraction of sp³-hybridized carbons (Fsp3) is 0.214. The van der Waals surface area contributed by atoms with Crippen LogP contribution in [0.4, 0.5) is 9.93 Å². The standard InChI is InChI=1S/C28H28N4O2S/c1-34-24-14-12-21(13-15-24)25-20-35-27(29-25)30-28(33)32-18-16-31(17-19-32)26(22-8-4-2-5-9-22)23-10-6-3-7-11-23/h2-15,20,26H,16-19H2,1H3,(H,29,30,33). The number of hydrogen-bond acceptors (Lipinski definition) is 5. The quantitative estimate of drug-likeness (QED) is 0.378. The van der Waals surface area contributed by atoms with Gasteiger partial charge < -0.3 is 9.64 Å². The van der Waals surface area contributed by atoms with Crippen molar-refractivity contribution in [1.29, 1.82) is 0 Å². The predicted octanol–water partition coefficient (Wildman–Crippen LogP) is 5.76. The lowest BCUT2D eigenvalue weighted by atomic mass is 9.96. The molecule has 1 aromatic heterocycles. The lowest BCUT2D eigenvalue weighted by Gasteiger charge is -2.39. The molecule has 5 rings (SSSR count). The summed E-state index contributed by atoms with van der Waals surface area (Å²) in [5.74, 6) is 0.804. The van der Waals surface area contributed by atoms with Gasteiger partial charge in [0.05, 0.1) is 18.8 Å². The molecular weight excluding hydrogens is 456 g/mol. The largest absolute Gasteiger partial charge is 0.497 e. The summed E-state index contributed by atoms with van der Waals surface area (Å²) in [6.07, 6.45) is 0. The second-order valence-electron chi connectivity index (χ2n) is 8.44. The van der Waals surface area contributed by atoms with Crippen molar-refractivity contribution in [3.63, 3.8) is 0 Å². The van der Waals surface area contributed by atoms with Gasteiger partial charge in [-0.15, -0.1) is 11.3 Å². The monoisotopic (exact) mass is 484 g/mol. The number of hydrogen-bond donors (Lipinski definition) is 1. The molecule has 4 aromatic rings. The molecule has 2 heterocycles. The van der Waals surface area contributed by atoms with Crippen LogP contribution in [0.15, 0.2) is 90.3 Å². The van der Waals surface area contributed by atoms with Gasteiger partial charge in [0.25, 0.3) is 0 Å². The molecular formula is C28H28N4O2S. The van der Waals surface area contributed by atoms with Crippen LogP contribution >= 0.6 is 11.3 Å². The highest BCUT2D eigenvalue weighted by molar-refractivity contribution is 7.14. The van der Waals surface area contributed by atoms with Crippen LogP contribution in [0.5, 0.6) is 5.75 Å². The minimum atomic E-state index is -0.101. The van der Waals surface area contributed by atoms with Crippen LogP contribution < -0.4 is 10.1 Å². The average molecular weight is 485 g/mol. The van der Waals surface area contributed by atoms with Crippen molar-refractivity contribution in [3.05, 3.63) is 101 Å². The molecule has 35 heavy (non-hydrogen) atoms. The van der Waals surface area contributed by atoms with Gasteiger partial charge in [-0.25, -0.2) is 9.78 Å². The summed E-state index contributed by atoms with van der Waals surface area (Å²) in [4.78, 5) is 21.9. The van der Waals surface area contributed by atoms with Crippen molar-refractivity contribution in [2.24, 2.45) is 0 Å². The van der Waals surface area contributed by atoms with Crippen molar-refractivity contribution in [2.45, 2.75) is 6.04 Å². The van der Waals surface area contributed by atoms with Gasteiger partial charge in [0.1, 0.15) is 5.75 Å². The Kier molecular flexibility index (Phi) is 7.07. The fourth-order valence-corrected chi connectivity index (χ4v) is 5.17. The predicted molar refractivity (Wildman–Crippen MR) is 141 cm³/mol. The van der Waals surface area contributed by atoms with Crippen LogP contribution in [0.2, 0.25) is 0 Å². The van der Waals surface area contributed by atoms with Gasteiger partial charge in [0.2, 0.25) is 0 Å². The smallest absolute Gasteiger partial charge is 0.323 e. The fourth-order valence-electron chi connectivity index (χ4n) is 4.46. The minimum Gasteiger partial charge on any atom is -0.497 e. The molecule has 7 heteroatoms.